The maximum Gasteiger partial charge on any atom is 0.326 e. The van der Waals surface area contributed by atoms with Gasteiger partial charge >= 0.3 is 5.97 Å². The molecule has 3 aromatic rings. The monoisotopic (exact) mass is 529 g/mol. The van der Waals surface area contributed by atoms with Crippen LogP contribution in [-0.4, -0.2) is 53.5 Å². The second-order valence-electron chi connectivity index (χ2n) is 9.56. The molecule has 1 atom stereocenters. The third kappa shape index (κ3) is 6.29. The second kappa shape index (κ2) is 13.1. The Morgan fingerprint density at radius 1 is 0.949 bits per heavy atom. The molecule has 0 bridgehead atoms. The summed E-state index contributed by atoms with van der Waals surface area (Å²) in [5.41, 5.74) is 7.96. The van der Waals surface area contributed by atoms with Gasteiger partial charge in [-0.15, -0.1) is 0 Å². The smallest absolute Gasteiger partial charge is 0.326 e. The average molecular weight is 530 g/mol. The van der Waals surface area contributed by atoms with Crippen LogP contribution in [0.4, 0.5) is 5.69 Å². The maximum absolute atomic E-state index is 14.0. The number of anilines is 1. The molecule has 0 aliphatic carbocycles. The molecule has 39 heavy (non-hydrogen) atoms. The van der Waals surface area contributed by atoms with Crippen molar-refractivity contribution >= 4 is 23.5 Å². The highest BCUT2D eigenvalue weighted by atomic mass is 16.5. The number of rotatable bonds is 12. The molecule has 3 aromatic carbocycles. The molecule has 8 nitrogen and oxygen atoms in total. The predicted octanol–water partition coefficient (Wildman–Crippen LogP) is 4.64. The average Bonchev–Trinajstić information content (AvgIpc) is 3.05. The number of unbranched alkanes of at least 4 members (excludes halogenated alkanes) is 2. The minimum Gasteiger partial charge on any atom is -0.494 e. The fraction of sp³-hybridized carbons (Fsp3) is 0.323. The van der Waals surface area contributed by atoms with E-state index >= 15 is 0 Å². The number of fused-ring (bicyclic) bond motifs is 1. The number of nitrogens with two attached hydrogens (primary N) is 1. The summed E-state index contributed by atoms with van der Waals surface area (Å²) in [6, 6.07) is 22.7. The Morgan fingerprint density at radius 2 is 1.59 bits per heavy atom. The molecule has 2 amide bonds. The summed E-state index contributed by atoms with van der Waals surface area (Å²) in [4.78, 5) is 42.8. The number of hydrogen-bond acceptors (Lipinski definition) is 5. The number of amides is 2. The van der Waals surface area contributed by atoms with Gasteiger partial charge in [-0.2, -0.15) is 0 Å². The number of carbonyl (C=O) groups excluding carboxylic acids is 2. The standard InChI is InChI=1S/C31H35N3O5/c1-2-26(31(37)38)33-21-28(35)34(29(22-12-6-3-7-13-22)23-14-8-4-9-15-23)27-17-16-24(20-25(27)30(33)36)39-19-11-5-10-18-32/h3-4,6-9,12-17,20,26,29H,2,5,10-11,18-19,21,32H2,1H3,(H,37,38). The Morgan fingerprint density at radius 3 is 2.15 bits per heavy atom. The summed E-state index contributed by atoms with van der Waals surface area (Å²) in [5.74, 6) is -1.54. The molecule has 1 heterocycles. The molecule has 0 aromatic heterocycles. The van der Waals surface area contributed by atoms with Gasteiger partial charge in [0, 0.05) is 0 Å². The first kappa shape index (κ1) is 27.9. The van der Waals surface area contributed by atoms with E-state index in [9.17, 15) is 19.5 Å². The molecule has 204 valence electrons. The highest BCUT2D eigenvalue weighted by Gasteiger charge is 2.40. The van der Waals surface area contributed by atoms with Crippen LogP contribution in [-0.2, 0) is 9.59 Å². The molecule has 0 spiro atoms. The number of nitrogens with zero attached hydrogens (tertiary/aromatic N) is 2. The van der Waals surface area contributed by atoms with Gasteiger partial charge in [0.15, 0.2) is 0 Å². The van der Waals surface area contributed by atoms with Crippen molar-refractivity contribution in [2.24, 2.45) is 5.73 Å². The topological polar surface area (TPSA) is 113 Å². The normalized spacial score (nSPS) is 14.2. The van der Waals surface area contributed by atoms with Crippen molar-refractivity contribution in [2.45, 2.75) is 44.7 Å². The first-order valence-electron chi connectivity index (χ1n) is 13.4. The van der Waals surface area contributed by atoms with E-state index in [1.54, 1.807) is 30.0 Å². The van der Waals surface area contributed by atoms with Crippen LogP contribution < -0.4 is 15.4 Å². The van der Waals surface area contributed by atoms with Crippen molar-refractivity contribution in [3.05, 3.63) is 95.6 Å². The highest BCUT2D eigenvalue weighted by Crippen LogP contribution is 2.39. The SMILES string of the molecule is CCC(C(=O)O)N1CC(=O)N(C(c2ccccc2)c2ccccc2)c2ccc(OCCCCCN)cc2C1=O. The zero-order valence-electron chi connectivity index (χ0n) is 22.2. The van der Waals surface area contributed by atoms with E-state index in [0.29, 0.717) is 24.6 Å². The minimum absolute atomic E-state index is 0.168. The lowest BCUT2D eigenvalue weighted by molar-refractivity contribution is -0.142. The van der Waals surface area contributed by atoms with Crippen molar-refractivity contribution in [1.29, 1.82) is 0 Å². The molecular weight excluding hydrogens is 494 g/mol. The lowest BCUT2D eigenvalue weighted by atomic mass is 9.95. The van der Waals surface area contributed by atoms with E-state index in [1.807, 2.05) is 60.7 Å². The van der Waals surface area contributed by atoms with Gasteiger partial charge < -0.3 is 20.5 Å². The van der Waals surface area contributed by atoms with Crippen LogP contribution in [0.1, 0.15) is 60.1 Å². The van der Waals surface area contributed by atoms with E-state index in [1.165, 1.54) is 4.90 Å². The lowest BCUT2D eigenvalue weighted by Crippen LogP contribution is -2.48. The number of carboxylic acid groups (broad SMARTS) is 1. The van der Waals surface area contributed by atoms with Gasteiger partial charge in [-0.25, -0.2) is 4.79 Å². The Bertz CT molecular complexity index is 1240. The van der Waals surface area contributed by atoms with E-state index in [4.69, 9.17) is 10.5 Å². The maximum atomic E-state index is 14.0. The van der Waals surface area contributed by atoms with Gasteiger partial charge in [-0.3, -0.25) is 14.5 Å². The van der Waals surface area contributed by atoms with Gasteiger partial charge in [-0.1, -0.05) is 67.6 Å². The van der Waals surface area contributed by atoms with Crippen LogP contribution in [0, 0.1) is 0 Å². The Hall–Kier alpha value is -4.17. The minimum atomic E-state index is -1.15. The van der Waals surface area contributed by atoms with Crippen LogP contribution >= 0.6 is 0 Å². The molecule has 4 rings (SSSR count). The number of benzene rings is 3. The van der Waals surface area contributed by atoms with Gasteiger partial charge in [0.05, 0.1) is 23.9 Å². The number of aliphatic carboxylic acids is 1. The molecule has 0 saturated carbocycles. The van der Waals surface area contributed by atoms with Crippen LogP contribution in [0.3, 0.4) is 0 Å². The summed E-state index contributed by atoms with van der Waals surface area (Å²) >= 11 is 0. The zero-order chi connectivity index (χ0) is 27.8. The van der Waals surface area contributed by atoms with Gasteiger partial charge in [0.25, 0.3) is 5.91 Å². The Labute approximate surface area is 229 Å². The molecule has 0 radical (unpaired) electrons. The summed E-state index contributed by atoms with van der Waals surface area (Å²) in [7, 11) is 0. The number of hydrogen-bond donors (Lipinski definition) is 2. The second-order valence-corrected chi connectivity index (χ2v) is 9.56. The van der Waals surface area contributed by atoms with Crippen molar-refractivity contribution in [3.8, 4) is 5.75 Å². The Kier molecular flexibility index (Phi) is 9.33. The summed E-state index contributed by atoms with van der Waals surface area (Å²) in [6.07, 6.45) is 2.83. The van der Waals surface area contributed by atoms with Crippen LogP contribution in [0.2, 0.25) is 0 Å². The summed E-state index contributed by atoms with van der Waals surface area (Å²) in [5, 5.41) is 9.89. The molecule has 0 saturated heterocycles. The number of carbonyl (C=O) groups is 3. The zero-order valence-corrected chi connectivity index (χ0v) is 22.2. The number of ether oxygens (including phenoxy) is 1. The van der Waals surface area contributed by atoms with Gasteiger partial charge in [0.1, 0.15) is 18.3 Å². The molecule has 8 heteroatoms. The van der Waals surface area contributed by atoms with Gasteiger partial charge in [-0.05, 0) is 61.6 Å². The first-order chi connectivity index (χ1) is 19.0. The fourth-order valence-corrected chi connectivity index (χ4v) is 5.01. The quantitative estimate of drug-likeness (QED) is 0.331. The molecule has 0 fully saturated rings. The summed E-state index contributed by atoms with van der Waals surface area (Å²) in [6.45, 7) is 2.42. The van der Waals surface area contributed by atoms with Crippen LogP contribution in [0.15, 0.2) is 78.9 Å². The number of carboxylic acids is 1. The predicted molar refractivity (Wildman–Crippen MR) is 150 cm³/mol. The van der Waals surface area contributed by atoms with Crippen molar-refractivity contribution in [2.75, 3.05) is 24.6 Å². The van der Waals surface area contributed by atoms with Crippen molar-refractivity contribution in [1.82, 2.24) is 4.90 Å². The molecule has 3 N–H and O–H groups in total. The first-order valence-corrected chi connectivity index (χ1v) is 13.4. The van der Waals surface area contributed by atoms with Gasteiger partial charge in [0.2, 0.25) is 5.91 Å². The van der Waals surface area contributed by atoms with E-state index < -0.39 is 24.0 Å². The van der Waals surface area contributed by atoms with E-state index in [2.05, 4.69) is 0 Å². The largest absolute Gasteiger partial charge is 0.494 e. The van der Waals surface area contributed by atoms with Crippen molar-refractivity contribution in [3.63, 3.8) is 0 Å². The van der Waals surface area contributed by atoms with Crippen LogP contribution in [0.5, 0.6) is 5.75 Å². The summed E-state index contributed by atoms with van der Waals surface area (Å²) < 4.78 is 5.94. The van der Waals surface area contributed by atoms with Crippen LogP contribution in [0.25, 0.3) is 0 Å². The molecule has 1 unspecified atom stereocenters. The highest BCUT2D eigenvalue weighted by molar-refractivity contribution is 6.11. The van der Waals surface area contributed by atoms with E-state index in [-0.39, 0.29) is 24.4 Å². The van der Waals surface area contributed by atoms with Crippen molar-refractivity contribution < 1.29 is 24.2 Å². The third-order valence-electron chi connectivity index (χ3n) is 6.95. The lowest BCUT2D eigenvalue weighted by Gasteiger charge is -2.33. The molecule has 1 aliphatic heterocycles. The fourth-order valence-electron chi connectivity index (χ4n) is 5.01. The Balaban J connectivity index is 1.83. The third-order valence-corrected chi connectivity index (χ3v) is 6.95. The molecule has 1 aliphatic rings. The van der Waals surface area contributed by atoms with E-state index in [0.717, 1.165) is 30.4 Å². The molecular formula is C31H35N3O5.